The van der Waals surface area contributed by atoms with E-state index in [-0.39, 0.29) is 27.7 Å². The Morgan fingerprint density at radius 1 is 1.12 bits per heavy atom. The summed E-state index contributed by atoms with van der Waals surface area (Å²) in [6, 6.07) is 10.4. The van der Waals surface area contributed by atoms with Crippen LogP contribution in [0, 0.1) is 5.92 Å². The molecular weight excluding hydrogens is 464 g/mol. The summed E-state index contributed by atoms with van der Waals surface area (Å²) >= 11 is 6.77. The number of anilines is 1. The molecule has 170 valence electrons. The first-order valence-electron chi connectivity index (χ1n) is 10.4. The number of hydrogen-bond donors (Lipinski definition) is 2. The fourth-order valence-electron chi connectivity index (χ4n) is 3.47. The van der Waals surface area contributed by atoms with E-state index in [1.54, 1.807) is 41.6 Å². The molecule has 3 amide bonds. The Hall–Kier alpha value is -3.37. The minimum atomic E-state index is -0.458. The van der Waals surface area contributed by atoms with Gasteiger partial charge in [-0.3, -0.25) is 19.4 Å². The lowest BCUT2D eigenvalue weighted by atomic mass is 9.97. The van der Waals surface area contributed by atoms with E-state index in [1.165, 1.54) is 0 Å². The quantitative estimate of drug-likeness (QED) is 0.555. The summed E-state index contributed by atoms with van der Waals surface area (Å²) in [7, 11) is 0. The van der Waals surface area contributed by atoms with Crippen molar-refractivity contribution in [2.24, 2.45) is 5.92 Å². The van der Waals surface area contributed by atoms with E-state index >= 15 is 0 Å². The fraction of sp³-hybridized carbons (Fsp3) is 0.273. The topological polar surface area (TPSA) is 117 Å². The number of nitrogens with one attached hydrogen (secondary N) is 2. The van der Waals surface area contributed by atoms with Crippen LogP contribution >= 0.6 is 22.9 Å². The third kappa shape index (κ3) is 5.91. The zero-order chi connectivity index (χ0) is 23.2. The van der Waals surface area contributed by atoms with Crippen molar-refractivity contribution in [2.45, 2.75) is 19.4 Å². The van der Waals surface area contributed by atoms with Crippen molar-refractivity contribution in [1.82, 2.24) is 25.4 Å². The number of hydrogen-bond acceptors (Lipinski definition) is 7. The van der Waals surface area contributed by atoms with E-state index in [0.717, 1.165) is 16.9 Å². The maximum absolute atomic E-state index is 12.9. The lowest BCUT2D eigenvalue weighted by molar-refractivity contribution is -0.126. The third-order valence-electron chi connectivity index (χ3n) is 5.17. The molecule has 0 saturated carbocycles. The van der Waals surface area contributed by atoms with Gasteiger partial charge in [0.15, 0.2) is 0 Å². The molecule has 2 N–H and O–H groups in total. The number of aromatic nitrogens is 3. The molecule has 3 heterocycles. The standard InChI is InChI=1S/C22H21ClN6O3S/c23-16-5-7-17(8-6-16)26-19(31)20-27-28-21(33-20)22(32)29-10-2-4-15(13-29)18(30)25-12-14-3-1-9-24-11-14/h1,3,5-9,11,15H,2,4,10,12-13H2,(H,25,30)(H,26,31). The van der Waals surface area contributed by atoms with Gasteiger partial charge in [0, 0.05) is 42.7 Å². The highest BCUT2D eigenvalue weighted by molar-refractivity contribution is 7.15. The van der Waals surface area contributed by atoms with Crippen LogP contribution in [0.1, 0.15) is 38.0 Å². The highest BCUT2D eigenvalue weighted by atomic mass is 35.5. The molecule has 1 aliphatic heterocycles. The SMILES string of the molecule is O=C(Nc1ccc(Cl)cc1)c1nnc(C(=O)N2CCCC(C(=O)NCc3cccnc3)C2)s1. The predicted molar refractivity (Wildman–Crippen MR) is 124 cm³/mol. The van der Waals surface area contributed by atoms with Crippen LogP contribution in [0.3, 0.4) is 0 Å². The van der Waals surface area contributed by atoms with Crippen LogP contribution < -0.4 is 10.6 Å². The van der Waals surface area contributed by atoms with E-state index in [4.69, 9.17) is 11.6 Å². The minimum absolute atomic E-state index is 0.0797. The highest BCUT2D eigenvalue weighted by Gasteiger charge is 2.30. The van der Waals surface area contributed by atoms with E-state index in [0.29, 0.717) is 43.2 Å². The van der Waals surface area contributed by atoms with Gasteiger partial charge < -0.3 is 15.5 Å². The molecule has 11 heteroatoms. The van der Waals surface area contributed by atoms with Crippen molar-refractivity contribution in [3.63, 3.8) is 0 Å². The van der Waals surface area contributed by atoms with Gasteiger partial charge in [-0.15, -0.1) is 10.2 Å². The number of nitrogens with zero attached hydrogens (tertiary/aromatic N) is 4. The largest absolute Gasteiger partial charge is 0.352 e. The number of likely N-dealkylation sites (tertiary alicyclic amines) is 1. The molecular formula is C22H21ClN6O3S. The number of benzene rings is 1. The van der Waals surface area contributed by atoms with Crippen LogP contribution in [0.2, 0.25) is 5.02 Å². The summed E-state index contributed by atoms with van der Waals surface area (Å²) in [5, 5.41) is 14.1. The predicted octanol–water partition coefficient (Wildman–Crippen LogP) is 3.01. The zero-order valence-electron chi connectivity index (χ0n) is 17.5. The first kappa shape index (κ1) is 22.8. The molecule has 1 fully saturated rings. The number of rotatable bonds is 6. The van der Waals surface area contributed by atoms with Gasteiger partial charge in [-0.05, 0) is 48.7 Å². The minimum Gasteiger partial charge on any atom is -0.352 e. The summed E-state index contributed by atoms with van der Waals surface area (Å²) in [6.07, 6.45) is 4.79. The number of halogens is 1. The average Bonchev–Trinajstić information content (AvgIpc) is 3.35. The first-order valence-corrected chi connectivity index (χ1v) is 11.6. The van der Waals surface area contributed by atoms with Crippen LogP contribution in [0.4, 0.5) is 5.69 Å². The Morgan fingerprint density at radius 2 is 1.91 bits per heavy atom. The van der Waals surface area contributed by atoms with Gasteiger partial charge >= 0.3 is 0 Å². The van der Waals surface area contributed by atoms with Crippen LogP contribution in [-0.4, -0.2) is 50.9 Å². The van der Waals surface area contributed by atoms with E-state index in [9.17, 15) is 14.4 Å². The Bertz CT molecular complexity index is 1140. The molecule has 1 aromatic carbocycles. The van der Waals surface area contributed by atoms with Crippen molar-refractivity contribution >= 4 is 46.3 Å². The van der Waals surface area contributed by atoms with Crippen LogP contribution in [-0.2, 0) is 11.3 Å². The summed E-state index contributed by atoms with van der Waals surface area (Å²) in [5.74, 6) is -1.19. The highest BCUT2D eigenvalue weighted by Crippen LogP contribution is 2.21. The van der Waals surface area contributed by atoms with Crippen molar-refractivity contribution in [3.8, 4) is 0 Å². The molecule has 0 bridgehead atoms. The monoisotopic (exact) mass is 484 g/mol. The number of carbonyl (C=O) groups is 3. The molecule has 3 aromatic rings. The number of amides is 3. The van der Waals surface area contributed by atoms with Gasteiger partial charge in [0.25, 0.3) is 11.8 Å². The molecule has 1 aliphatic rings. The Kier molecular flexibility index (Phi) is 7.26. The van der Waals surface area contributed by atoms with Gasteiger partial charge in [-0.2, -0.15) is 0 Å². The second kappa shape index (κ2) is 10.5. The molecule has 0 radical (unpaired) electrons. The zero-order valence-corrected chi connectivity index (χ0v) is 19.1. The normalized spacial score (nSPS) is 15.7. The number of pyridine rings is 1. The Morgan fingerprint density at radius 3 is 2.67 bits per heavy atom. The van der Waals surface area contributed by atoms with E-state index < -0.39 is 5.91 Å². The molecule has 2 aromatic heterocycles. The van der Waals surface area contributed by atoms with Gasteiger partial charge in [-0.1, -0.05) is 29.0 Å². The number of carbonyl (C=O) groups excluding carboxylic acids is 3. The molecule has 1 saturated heterocycles. The first-order chi connectivity index (χ1) is 16.0. The van der Waals surface area contributed by atoms with Crippen molar-refractivity contribution in [1.29, 1.82) is 0 Å². The Balaban J connectivity index is 1.33. The van der Waals surface area contributed by atoms with Gasteiger partial charge in [0.2, 0.25) is 15.9 Å². The molecule has 0 aliphatic carbocycles. The fourth-order valence-corrected chi connectivity index (χ4v) is 4.30. The molecule has 4 rings (SSSR count). The second-order valence-corrected chi connectivity index (χ2v) is 8.96. The maximum Gasteiger partial charge on any atom is 0.286 e. The average molecular weight is 485 g/mol. The summed E-state index contributed by atoms with van der Waals surface area (Å²) in [5.41, 5.74) is 1.47. The molecule has 0 spiro atoms. The molecule has 1 atom stereocenters. The third-order valence-corrected chi connectivity index (χ3v) is 6.34. The van der Waals surface area contributed by atoms with Gasteiger partial charge in [0.1, 0.15) is 0 Å². The smallest absolute Gasteiger partial charge is 0.286 e. The van der Waals surface area contributed by atoms with Gasteiger partial charge in [-0.25, -0.2) is 0 Å². The van der Waals surface area contributed by atoms with Crippen molar-refractivity contribution < 1.29 is 14.4 Å². The maximum atomic E-state index is 12.9. The van der Waals surface area contributed by atoms with E-state index in [2.05, 4.69) is 25.8 Å². The second-order valence-electron chi connectivity index (χ2n) is 7.54. The van der Waals surface area contributed by atoms with Crippen LogP contribution in [0.15, 0.2) is 48.8 Å². The Labute approximate surface area is 199 Å². The molecule has 33 heavy (non-hydrogen) atoms. The van der Waals surface area contributed by atoms with Crippen molar-refractivity contribution in [3.05, 3.63) is 69.4 Å². The number of piperidine rings is 1. The van der Waals surface area contributed by atoms with Crippen LogP contribution in [0.25, 0.3) is 0 Å². The molecule has 9 nitrogen and oxygen atoms in total. The summed E-state index contributed by atoms with van der Waals surface area (Å²) in [6.45, 7) is 1.21. The molecule has 1 unspecified atom stereocenters. The van der Waals surface area contributed by atoms with Crippen LogP contribution in [0.5, 0.6) is 0 Å². The van der Waals surface area contributed by atoms with E-state index in [1.807, 2.05) is 12.1 Å². The lowest BCUT2D eigenvalue weighted by Gasteiger charge is -2.31. The van der Waals surface area contributed by atoms with Gasteiger partial charge in [0.05, 0.1) is 5.92 Å². The lowest BCUT2D eigenvalue weighted by Crippen LogP contribution is -2.45. The summed E-state index contributed by atoms with van der Waals surface area (Å²) in [4.78, 5) is 43.6. The van der Waals surface area contributed by atoms with Crippen molar-refractivity contribution in [2.75, 3.05) is 18.4 Å². The summed E-state index contributed by atoms with van der Waals surface area (Å²) < 4.78 is 0.